The van der Waals surface area contributed by atoms with Crippen LogP contribution in [-0.4, -0.2) is 80.4 Å². The van der Waals surface area contributed by atoms with Crippen LogP contribution in [0.4, 0.5) is 11.5 Å². The maximum atomic E-state index is 12.6. The molecular weight excluding hydrogens is 635 g/mol. The summed E-state index contributed by atoms with van der Waals surface area (Å²) in [5.41, 5.74) is 8.73. The Morgan fingerprint density at radius 1 is 1.02 bits per heavy atom. The molecule has 5 aromatic rings. The van der Waals surface area contributed by atoms with Crippen LogP contribution in [0.2, 0.25) is 0 Å². The average molecular weight is 676 g/mol. The lowest BCUT2D eigenvalue weighted by atomic mass is 9.90. The Kier molecular flexibility index (Phi) is 8.68. The van der Waals surface area contributed by atoms with Crippen molar-refractivity contribution in [1.29, 1.82) is 0 Å². The molecule has 0 saturated carbocycles. The number of thiazole rings is 1. The number of nitrogens with one attached hydrogen (secondary N) is 1. The van der Waals surface area contributed by atoms with Gasteiger partial charge in [0.15, 0.2) is 5.82 Å². The monoisotopic (exact) mass is 675 g/mol. The summed E-state index contributed by atoms with van der Waals surface area (Å²) in [5, 5.41) is 15.1. The molecule has 1 atom stereocenters. The first-order valence-corrected chi connectivity index (χ1v) is 17.4. The fraction of sp³-hybridized carbons (Fsp3) is 0.342. The number of likely N-dealkylation sites (N-methyl/N-ethyl adjacent to an activating group) is 1. The molecule has 10 nitrogen and oxygen atoms in total. The quantitative estimate of drug-likeness (QED) is 0.181. The van der Waals surface area contributed by atoms with Gasteiger partial charge in [-0.2, -0.15) is 0 Å². The van der Waals surface area contributed by atoms with Gasteiger partial charge in [-0.1, -0.05) is 30.3 Å². The first kappa shape index (κ1) is 32.8. The van der Waals surface area contributed by atoms with Crippen LogP contribution in [-0.2, 0) is 29.2 Å². The number of rotatable bonds is 9. The van der Waals surface area contributed by atoms with E-state index in [2.05, 4.69) is 71.5 Å². The van der Waals surface area contributed by atoms with E-state index in [0.717, 1.165) is 72.1 Å². The fourth-order valence-electron chi connectivity index (χ4n) is 6.96. The van der Waals surface area contributed by atoms with Crippen LogP contribution in [0.25, 0.3) is 32.6 Å². The topological polar surface area (TPSA) is 115 Å². The Morgan fingerprint density at radius 2 is 1.78 bits per heavy atom. The third-order valence-electron chi connectivity index (χ3n) is 9.83. The van der Waals surface area contributed by atoms with Crippen LogP contribution >= 0.6 is 11.3 Å². The van der Waals surface area contributed by atoms with Crippen LogP contribution in [0.15, 0.2) is 60.9 Å². The molecule has 2 aromatic carbocycles. The highest BCUT2D eigenvalue weighted by Gasteiger charge is 2.40. The van der Waals surface area contributed by atoms with E-state index in [-0.39, 0.29) is 5.91 Å². The maximum absolute atomic E-state index is 12.6. The predicted molar refractivity (Wildman–Crippen MR) is 194 cm³/mol. The smallest absolute Gasteiger partial charge is 0.310 e. The van der Waals surface area contributed by atoms with Gasteiger partial charge in [-0.3, -0.25) is 19.5 Å². The van der Waals surface area contributed by atoms with Gasteiger partial charge >= 0.3 is 5.97 Å². The van der Waals surface area contributed by atoms with Crippen molar-refractivity contribution in [2.24, 2.45) is 5.41 Å². The highest BCUT2D eigenvalue weighted by Crippen LogP contribution is 2.40. The molecule has 49 heavy (non-hydrogen) atoms. The zero-order valence-electron chi connectivity index (χ0n) is 28.6. The molecule has 3 aromatic heterocycles. The molecule has 2 N–H and O–H groups in total. The minimum atomic E-state index is -0.735. The summed E-state index contributed by atoms with van der Waals surface area (Å²) in [6.07, 6.45) is 4.32. The van der Waals surface area contributed by atoms with Crippen molar-refractivity contribution < 1.29 is 14.7 Å². The van der Waals surface area contributed by atoms with E-state index in [1.807, 2.05) is 43.1 Å². The number of anilines is 2. The van der Waals surface area contributed by atoms with Crippen molar-refractivity contribution in [3.63, 3.8) is 0 Å². The number of benzene rings is 2. The number of aliphatic carboxylic acids is 1. The Morgan fingerprint density at radius 3 is 2.51 bits per heavy atom. The van der Waals surface area contributed by atoms with Crippen LogP contribution in [0.5, 0.6) is 0 Å². The van der Waals surface area contributed by atoms with E-state index in [0.29, 0.717) is 45.0 Å². The third kappa shape index (κ3) is 6.41. The van der Waals surface area contributed by atoms with Crippen molar-refractivity contribution >= 4 is 45.6 Å². The fourth-order valence-corrected chi connectivity index (χ4v) is 8.13. The Bertz CT molecular complexity index is 2070. The van der Waals surface area contributed by atoms with Crippen molar-refractivity contribution in [3.05, 3.63) is 88.2 Å². The predicted octanol–water partition coefficient (Wildman–Crippen LogP) is 6.48. The normalized spacial score (nSPS) is 17.6. The molecule has 252 valence electrons. The van der Waals surface area contributed by atoms with Crippen molar-refractivity contribution in [1.82, 2.24) is 29.7 Å². The number of hydrogen-bond acceptors (Lipinski definition) is 9. The summed E-state index contributed by atoms with van der Waals surface area (Å²) in [6.45, 7) is 9.64. The lowest BCUT2D eigenvalue weighted by Crippen LogP contribution is -2.34. The number of nitrogens with zero attached hydrogens (tertiary/aromatic N) is 6. The van der Waals surface area contributed by atoms with Gasteiger partial charge in [-0.15, -0.1) is 11.3 Å². The highest BCUT2D eigenvalue weighted by molar-refractivity contribution is 7.15. The van der Waals surface area contributed by atoms with Gasteiger partial charge < -0.3 is 20.2 Å². The third-order valence-corrected chi connectivity index (χ3v) is 10.9. The molecule has 0 spiro atoms. The maximum Gasteiger partial charge on any atom is 0.310 e. The molecule has 0 aliphatic carbocycles. The number of carbonyl (C=O) groups is 2. The number of pyridine rings is 2. The van der Waals surface area contributed by atoms with Gasteiger partial charge in [0.05, 0.1) is 30.7 Å². The minimum Gasteiger partial charge on any atom is -0.481 e. The highest BCUT2D eigenvalue weighted by atomic mass is 32.1. The summed E-state index contributed by atoms with van der Waals surface area (Å²) < 4.78 is 0. The number of carboxylic acid groups (broad SMARTS) is 1. The molecule has 2 aliphatic heterocycles. The molecule has 11 heteroatoms. The largest absolute Gasteiger partial charge is 0.481 e. The Hall–Kier alpha value is -4.71. The average Bonchev–Trinajstić information content (AvgIpc) is 3.76. The van der Waals surface area contributed by atoms with E-state index < -0.39 is 11.4 Å². The van der Waals surface area contributed by atoms with E-state index in [4.69, 9.17) is 9.97 Å². The first-order chi connectivity index (χ1) is 23.5. The molecule has 1 fully saturated rings. The molecular formula is C38H41N7O3S. The second kappa shape index (κ2) is 13.0. The summed E-state index contributed by atoms with van der Waals surface area (Å²) in [5.74, 6) is 0.0768. The Labute approximate surface area is 290 Å². The van der Waals surface area contributed by atoms with Gasteiger partial charge in [-0.25, -0.2) is 9.97 Å². The summed E-state index contributed by atoms with van der Waals surface area (Å²) in [6, 6.07) is 16.7. The molecule has 5 heterocycles. The number of aromatic nitrogens is 3. The van der Waals surface area contributed by atoms with Gasteiger partial charge in [0.25, 0.3) is 0 Å². The lowest BCUT2D eigenvalue weighted by molar-refractivity contribution is -0.147. The lowest BCUT2D eigenvalue weighted by Gasteiger charge is -2.20. The first-order valence-electron chi connectivity index (χ1n) is 16.6. The number of carboxylic acids is 1. The number of fused-ring (bicyclic) bond motifs is 2. The molecule has 7 rings (SSSR count). The number of amides is 1. The zero-order valence-corrected chi connectivity index (χ0v) is 29.4. The summed E-state index contributed by atoms with van der Waals surface area (Å²) in [7, 11) is 3.82. The standard InChI is InChI=1S/C38H41N7O3S/c1-23-27(8-6-10-29(23)36-42-31-19-45(20-32(31)49-36)33(46)21-43(4)5)28-9-7-11-30(24(28)2)41-35-34-26(12-14-39-35)16-25(17-40-34)18-44-15-13-38(3,22-44)37(47)48/h6-12,14,16-17H,13,15,18-22H2,1-5H3,(H,39,41)(H,47,48)/t38-/m1/s1. The number of carbonyl (C=O) groups excluding carboxylic acids is 1. The molecule has 0 radical (unpaired) electrons. The second-order valence-electron chi connectivity index (χ2n) is 13.9. The molecule has 2 aliphatic rings. The number of hydrogen-bond donors (Lipinski definition) is 2. The summed E-state index contributed by atoms with van der Waals surface area (Å²) in [4.78, 5) is 45.9. The van der Waals surface area contributed by atoms with Crippen molar-refractivity contribution in [2.75, 3.05) is 39.0 Å². The van der Waals surface area contributed by atoms with Crippen LogP contribution in [0.1, 0.15) is 40.6 Å². The van der Waals surface area contributed by atoms with Crippen LogP contribution < -0.4 is 5.32 Å². The van der Waals surface area contributed by atoms with Gasteiger partial charge in [0, 0.05) is 47.0 Å². The van der Waals surface area contributed by atoms with Gasteiger partial charge in [0.1, 0.15) is 10.5 Å². The molecule has 1 amide bonds. The van der Waals surface area contributed by atoms with E-state index >= 15 is 0 Å². The van der Waals surface area contributed by atoms with E-state index in [9.17, 15) is 14.7 Å². The van der Waals surface area contributed by atoms with E-state index in [1.165, 1.54) is 0 Å². The minimum absolute atomic E-state index is 0.127. The van der Waals surface area contributed by atoms with Crippen LogP contribution in [0.3, 0.4) is 0 Å². The SMILES string of the molecule is Cc1c(Nc2nccc3cc(CN4CC[C@@](C)(C(=O)O)C4)cnc23)cccc1-c1cccc(-c2nc3c(s2)CN(C(=O)CN(C)C)C3)c1C. The molecule has 1 saturated heterocycles. The molecule has 0 bridgehead atoms. The molecule has 0 unspecified atom stereocenters. The van der Waals surface area contributed by atoms with Gasteiger partial charge in [-0.05, 0) is 93.8 Å². The van der Waals surface area contributed by atoms with Gasteiger partial charge in [0.2, 0.25) is 5.91 Å². The van der Waals surface area contributed by atoms with Crippen molar-refractivity contribution in [3.8, 4) is 21.7 Å². The van der Waals surface area contributed by atoms with Crippen LogP contribution in [0, 0.1) is 19.3 Å². The second-order valence-corrected chi connectivity index (χ2v) is 14.9. The zero-order chi connectivity index (χ0) is 34.4. The van der Waals surface area contributed by atoms with E-state index in [1.54, 1.807) is 17.5 Å². The Balaban J connectivity index is 1.11. The summed E-state index contributed by atoms with van der Waals surface area (Å²) >= 11 is 1.68. The number of likely N-dealkylation sites (tertiary alicyclic amines) is 1. The van der Waals surface area contributed by atoms with Crippen molar-refractivity contribution in [2.45, 2.75) is 46.8 Å².